The first-order valence-electron chi connectivity index (χ1n) is 16.8. The first kappa shape index (κ1) is 41.3. The second kappa shape index (κ2) is 17.6. The molecule has 2 aromatic heterocycles. The summed E-state index contributed by atoms with van der Waals surface area (Å²) in [6.45, 7) is 9.83. The smallest absolute Gasteiger partial charge is 0.418 e. The van der Waals surface area contributed by atoms with Gasteiger partial charge in [0, 0.05) is 42.3 Å². The zero-order valence-electron chi connectivity index (χ0n) is 30.3. The molecule has 16 heteroatoms. The van der Waals surface area contributed by atoms with Gasteiger partial charge in [0.25, 0.3) is 5.91 Å². The number of methoxy groups -OCH3 is 1. The quantitative estimate of drug-likeness (QED) is 0.123. The number of carbonyl (C=O) groups excluding carboxylic acids is 2. The topological polar surface area (TPSA) is 130 Å². The van der Waals surface area contributed by atoms with Crippen LogP contribution in [-0.4, -0.2) is 89.5 Å². The summed E-state index contributed by atoms with van der Waals surface area (Å²) in [5, 5.41) is 2.39. The highest BCUT2D eigenvalue weighted by atomic mass is 35.5. The molecule has 2 fully saturated rings. The number of pyridine rings is 1. The number of aryl methyl sites for hydroxylation is 1. The van der Waals surface area contributed by atoms with Crippen LogP contribution in [0.25, 0.3) is 22.2 Å². The number of fused-ring (bicyclic) bond motifs is 1. The van der Waals surface area contributed by atoms with E-state index in [2.05, 4.69) is 51.6 Å². The van der Waals surface area contributed by atoms with E-state index >= 15 is 4.39 Å². The van der Waals surface area contributed by atoms with Gasteiger partial charge >= 0.3 is 12.2 Å². The van der Waals surface area contributed by atoms with Crippen molar-refractivity contribution in [1.29, 1.82) is 0 Å². The Morgan fingerprint density at radius 3 is 2.35 bits per heavy atom. The normalized spacial score (nSPS) is 15.8. The Morgan fingerprint density at radius 2 is 1.78 bits per heavy atom. The zero-order chi connectivity index (χ0) is 39.9. The first-order valence-corrected chi connectivity index (χ1v) is 17.2. The largest absolute Gasteiger partial charge is 0.467 e. The van der Waals surface area contributed by atoms with Crippen LogP contribution in [0.5, 0.6) is 6.01 Å². The van der Waals surface area contributed by atoms with Crippen molar-refractivity contribution in [1.82, 2.24) is 24.8 Å². The van der Waals surface area contributed by atoms with Crippen LogP contribution < -0.4 is 20.7 Å². The van der Waals surface area contributed by atoms with Gasteiger partial charge < -0.3 is 30.5 Å². The molecule has 1 unspecified atom stereocenters. The molecular formula is C38H41ClF4N8O3. The minimum absolute atomic E-state index is 0.124. The number of piperazine rings is 1. The number of nitrogens with zero attached hydrogens (tertiary/aromatic N) is 6. The van der Waals surface area contributed by atoms with Crippen LogP contribution in [-0.2, 0) is 11.0 Å². The van der Waals surface area contributed by atoms with E-state index in [-0.39, 0.29) is 70.7 Å². The first-order chi connectivity index (χ1) is 25.6. The Hall–Kier alpha value is -5.46. The van der Waals surface area contributed by atoms with Crippen molar-refractivity contribution in [2.75, 3.05) is 62.8 Å². The minimum atomic E-state index is -4.88. The van der Waals surface area contributed by atoms with Gasteiger partial charge in [-0.05, 0) is 88.8 Å². The number of hydrogen-bond acceptors (Lipinski definition) is 9. The molecule has 286 valence electrons. The molecular weight excluding hydrogens is 728 g/mol. The van der Waals surface area contributed by atoms with E-state index in [0.717, 1.165) is 12.1 Å². The van der Waals surface area contributed by atoms with E-state index in [0.29, 0.717) is 11.3 Å². The number of rotatable bonds is 6. The van der Waals surface area contributed by atoms with E-state index in [1.165, 1.54) is 46.0 Å². The summed E-state index contributed by atoms with van der Waals surface area (Å²) in [6, 6.07) is 8.24. The number of benzene rings is 2. The SMILES string of the molecule is C#C.C=CC(=O)Nc1cccc(C(=O)N2CCN(c3nc(OC)nc4c(F)c(-c5nc(N)cc(C)c5C(F)(F)F)c(Cl)cc34)C(C)C2)c1.CN1CCCC1. The summed E-state index contributed by atoms with van der Waals surface area (Å²) in [7, 11) is 3.45. The Bertz CT molecular complexity index is 2050. The Labute approximate surface area is 316 Å². The molecule has 54 heavy (non-hydrogen) atoms. The number of ether oxygens (including phenoxy) is 1. The fourth-order valence-electron chi connectivity index (χ4n) is 6.36. The fourth-order valence-corrected chi connectivity index (χ4v) is 6.64. The number of likely N-dealkylation sites (tertiary alicyclic amines) is 1. The maximum atomic E-state index is 16.3. The number of aromatic nitrogens is 3. The average molecular weight is 769 g/mol. The molecule has 3 N–H and O–H groups in total. The van der Waals surface area contributed by atoms with Crippen LogP contribution in [0.1, 0.15) is 41.3 Å². The molecule has 4 aromatic rings. The van der Waals surface area contributed by atoms with E-state index in [1.54, 1.807) is 29.2 Å². The highest BCUT2D eigenvalue weighted by molar-refractivity contribution is 6.34. The molecule has 4 heterocycles. The molecule has 11 nitrogen and oxygen atoms in total. The number of nitrogen functional groups attached to an aromatic ring is 1. The summed E-state index contributed by atoms with van der Waals surface area (Å²) in [4.78, 5) is 43.3. The molecule has 1 atom stereocenters. The monoisotopic (exact) mass is 768 g/mol. The lowest BCUT2D eigenvalue weighted by molar-refractivity contribution is -0.137. The summed E-state index contributed by atoms with van der Waals surface area (Å²) < 4.78 is 63.9. The van der Waals surface area contributed by atoms with Crippen LogP contribution in [0.3, 0.4) is 0 Å². The van der Waals surface area contributed by atoms with Crippen LogP contribution in [0.2, 0.25) is 5.02 Å². The third-order valence-corrected chi connectivity index (χ3v) is 9.16. The van der Waals surface area contributed by atoms with Gasteiger partial charge in [0.1, 0.15) is 17.2 Å². The number of hydrogen-bond donors (Lipinski definition) is 2. The van der Waals surface area contributed by atoms with Crippen molar-refractivity contribution >= 4 is 51.6 Å². The summed E-state index contributed by atoms with van der Waals surface area (Å²) in [5.74, 6) is -1.86. The predicted octanol–water partition coefficient (Wildman–Crippen LogP) is 6.84. The van der Waals surface area contributed by atoms with Gasteiger partial charge in [-0.15, -0.1) is 12.8 Å². The third-order valence-electron chi connectivity index (χ3n) is 8.86. The van der Waals surface area contributed by atoms with Crippen molar-refractivity contribution in [3.05, 3.63) is 76.6 Å². The molecule has 6 rings (SSSR count). The predicted molar refractivity (Wildman–Crippen MR) is 203 cm³/mol. The highest BCUT2D eigenvalue weighted by Crippen LogP contribution is 2.44. The molecule has 0 radical (unpaired) electrons. The molecule has 0 aliphatic carbocycles. The molecule has 0 saturated carbocycles. The standard InChI is InChI=1S/C31H28ClF4N7O3.C5H11N.C2H2/c1-5-22(44)38-18-8-6-7-17(12-18)29(45)42-9-10-43(16(3)14-42)28-19-13-20(32)23(25(33)26(19)40-30(41-28)46-4)27-24(31(34,35)36)15(2)11-21(37)39-27;1-6-4-2-3-5-6;1-2/h5-8,11-13,16H,1,9-10,14H2,2-4H3,(H2,37,39)(H,38,44);2-5H2,1H3;1-2H. The average Bonchev–Trinajstić information content (AvgIpc) is 3.62. The van der Waals surface area contributed by atoms with Gasteiger partial charge in [-0.1, -0.05) is 24.2 Å². The highest BCUT2D eigenvalue weighted by Gasteiger charge is 2.39. The van der Waals surface area contributed by atoms with E-state index in [1.807, 2.05) is 11.8 Å². The lowest BCUT2D eigenvalue weighted by atomic mass is 9.98. The number of alkyl halides is 3. The lowest BCUT2D eigenvalue weighted by Crippen LogP contribution is -2.54. The van der Waals surface area contributed by atoms with Gasteiger partial charge in [-0.2, -0.15) is 23.1 Å². The second-order valence-corrected chi connectivity index (χ2v) is 13.0. The molecule has 2 amide bonds. The van der Waals surface area contributed by atoms with Gasteiger partial charge in [0.05, 0.1) is 29.0 Å². The molecule has 2 aliphatic heterocycles. The number of amides is 2. The Kier molecular flexibility index (Phi) is 13.4. The molecule has 2 saturated heterocycles. The van der Waals surface area contributed by atoms with E-state index < -0.39 is 34.7 Å². The fraction of sp³-hybridized carbons (Fsp3) is 0.342. The summed E-state index contributed by atoms with van der Waals surface area (Å²) in [5.41, 5.74) is 3.43. The summed E-state index contributed by atoms with van der Waals surface area (Å²) in [6.07, 6.45) is 7.07. The Balaban J connectivity index is 0.000000729. The van der Waals surface area contributed by atoms with Gasteiger partial charge in [0.15, 0.2) is 5.82 Å². The van der Waals surface area contributed by atoms with E-state index in [9.17, 15) is 22.8 Å². The zero-order valence-corrected chi connectivity index (χ0v) is 31.1. The van der Waals surface area contributed by atoms with Crippen molar-refractivity contribution in [2.45, 2.75) is 38.9 Å². The summed E-state index contributed by atoms with van der Waals surface area (Å²) >= 11 is 6.50. The number of carbonyl (C=O) groups is 2. The number of nitrogens with two attached hydrogens (primary N) is 1. The van der Waals surface area contributed by atoms with Gasteiger partial charge in [-0.25, -0.2) is 9.37 Å². The van der Waals surface area contributed by atoms with Crippen LogP contribution >= 0.6 is 11.6 Å². The van der Waals surface area contributed by atoms with Crippen molar-refractivity contribution < 1.29 is 31.9 Å². The van der Waals surface area contributed by atoms with Crippen LogP contribution in [0, 0.1) is 25.6 Å². The molecule has 2 aromatic carbocycles. The van der Waals surface area contributed by atoms with Gasteiger partial charge in [0.2, 0.25) is 5.91 Å². The molecule has 2 aliphatic rings. The molecule has 0 bridgehead atoms. The van der Waals surface area contributed by atoms with Gasteiger partial charge in [-0.3, -0.25) is 9.59 Å². The van der Waals surface area contributed by atoms with Crippen LogP contribution in [0.4, 0.5) is 34.9 Å². The van der Waals surface area contributed by atoms with E-state index in [4.69, 9.17) is 22.1 Å². The maximum absolute atomic E-state index is 16.3. The Morgan fingerprint density at radius 1 is 1.09 bits per heavy atom. The van der Waals surface area contributed by atoms with Crippen molar-refractivity contribution in [2.24, 2.45) is 0 Å². The molecule has 0 spiro atoms. The van der Waals surface area contributed by atoms with Crippen molar-refractivity contribution in [3.8, 4) is 30.1 Å². The van der Waals surface area contributed by atoms with Crippen molar-refractivity contribution in [3.63, 3.8) is 0 Å². The number of halogens is 5. The maximum Gasteiger partial charge on any atom is 0.418 e. The van der Waals surface area contributed by atoms with Crippen LogP contribution in [0.15, 0.2) is 49.1 Å². The lowest BCUT2D eigenvalue weighted by Gasteiger charge is -2.41. The number of anilines is 3. The number of nitrogens with one attached hydrogen (secondary N) is 1. The third kappa shape index (κ3) is 9.18. The second-order valence-electron chi connectivity index (χ2n) is 12.6. The minimum Gasteiger partial charge on any atom is -0.467 e. The number of terminal acetylenes is 1.